The lowest BCUT2D eigenvalue weighted by molar-refractivity contribution is -0.134. The molecule has 0 aliphatic heterocycles. The molecule has 0 unspecified atom stereocenters. The van der Waals surface area contributed by atoms with Crippen LogP contribution in [0.3, 0.4) is 0 Å². The fourth-order valence-electron chi connectivity index (χ4n) is 2.92. The molecule has 2 rings (SSSR count). The molecule has 2 N–H and O–H groups in total. The number of carboxylic acids is 1. The Morgan fingerprint density at radius 3 is 2.39 bits per heavy atom. The first kappa shape index (κ1) is 26.5. The van der Waals surface area contributed by atoms with Gasteiger partial charge in [0.1, 0.15) is 11.4 Å². The van der Waals surface area contributed by atoms with Crippen LogP contribution in [0.5, 0.6) is 17.2 Å². The number of nitrogens with one attached hydrogen (secondary N) is 1. The fraction of sp³-hybridized carbons (Fsp3) is 0.333. The van der Waals surface area contributed by atoms with E-state index in [9.17, 15) is 14.7 Å². The molecule has 0 radical (unpaired) electrons. The van der Waals surface area contributed by atoms with Gasteiger partial charge >= 0.3 is 5.97 Å². The largest absolute Gasteiger partial charge is 0.493 e. The molecule has 0 saturated heterocycles. The predicted octanol–water partition coefficient (Wildman–Crippen LogP) is 5.53. The number of carbonyl (C=O) groups excluding carboxylic acids is 1. The van der Waals surface area contributed by atoms with Crippen molar-refractivity contribution in [1.29, 1.82) is 0 Å². The smallest absolute Gasteiger partial charge is 0.352 e. The average molecular weight is 541 g/mol. The molecule has 0 saturated carbocycles. The molecule has 2 aromatic carbocycles. The monoisotopic (exact) mass is 539 g/mol. The third kappa shape index (κ3) is 7.68. The van der Waals surface area contributed by atoms with Crippen molar-refractivity contribution in [3.63, 3.8) is 0 Å². The minimum atomic E-state index is -1.29. The van der Waals surface area contributed by atoms with Crippen molar-refractivity contribution in [2.24, 2.45) is 0 Å². The van der Waals surface area contributed by atoms with Crippen LogP contribution < -0.4 is 19.5 Å². The number of hydrogen-bond acceptors (Lipinski definition) is 5. The second-order valence-corrected chi connectivity index (χ2v) is 8.54. The van der Waals surface area contributed by atoms with Crippen LogP contribution >= 0.6 is 27.5 Å². The van der Waals surface area contributed by atoms with Crippen LogP contribution in [-0.4, -0.2) is 37.3 Å². The highest BCUT2D eigenvalue weighted by atomic mass is 79.9. The van der Waals surface area contributed by atoms with E-state index in [4.69, 9.17) is 25.8 Å². The second-order valence-electron chi connectivity index (χ2n) is 7.31. The van der Waals surface area contributed by atoms with Gasteiger partial charge in [-0.05, 0) is 83.2 Å². The SMILES string of the molecule is CCCCOc1c(Br)cc(/C=C(/NC(=O)COc2cc(C)c(Cl)c(C)c2)C(=O)O)cc1OC. The van der Waals surface area contributed by atoms with Gasteiger partial charge in [0.2, 0.25) is 0 Å². The van der Waals surface area contributed by atoms with E-state index >= 15 is 0 Å². The molecule has 0 heterocycles. The molecule has 2 aromatic rings. The van der Waals surface area contributed by atoms with E-state index in [2.05, 4.69) is 28.2 Å². The maximum atomic E-state index is 12.3. The quantitative estimate of drug-likeness (QED) is 0.288. The van der Waals surface area contributed by atoms with Gasteiger partial charge in [-0.15, -0.1) is 0 Å². The highest BCUT2D eigenvalue weighted by Crippen LogP contribution is 2.37. The van der Waals surface area contributed by atoms with Gasteiger partial charge < -0.3 is 24.6 Å². The van der Waals surface area contributed by atoms with E-state index in [0.29, 0.717) is 38.9 Å². The van der Waals surface area contributed by atoms with E-state index in [1.807, 2.05) is 13.8 Å². The third-order valence-electron chi connectivity index (χ3n) is 4.59. The molecule has 0 aliphatic rings. The standard InChI is InChI=1S/C24H27BrClNO6/c1-5-6-7-32-23-18(25)10-16(12-20(23)31-4)11-19(24(29)30)27-21(28)13-33-17-8-14(2)22(26)15(3)9-17/h8-12H,5-7,13H2,1-4H3,(H,27,28)(H,29,30)/b19-11+. The van der Waals surface area contributed by atoms with Crippen molar-refractivity contribution in [3.8, 4) is 17.2 Å². The lowest BCUT2D eigenvalue weighted by Gasteiger charge is -2.14. The van der Waals surface area contributed by atoms with Gasteiger partial charge in [0.25, 0.3) is 5.91 Å². The molecular weight excluding hydrogens is 514 g/mol. The summed E-state index contributed by atoms with van der Waals surface area (Å²) in [4.78, 5) is 24.0. The molecule has 0 aromatic heterocycles. The number of rotatable bonds is 11. The Morgan fingerprint density at radius 1 is 1.15 bits per heavy atom. The number of hydrogen-bond donors (Lipinski definition) is 2. The summed E-state index contributed by atoms with van der Waals surface area (Å²) >= 11 is 9.58. The lowest BCUT2D eigenvalue weighted by Crippen LogP contribution is -2.31. The topological polar surface area (TPSA) is 94.1 Å². The van der Waals surface area contributed by atoms with E-state index in [-0.39, 0.29) is 12.3 Å². The average Bonchev–Trinajstić information content (AvgIpc) is 2.76. The molecule has 0 bridgehead atoms. The third-order valence-corrected chi connectivity index (χ3v) is 5.78. The molecule has 0 atom stereocenters. The van der Waals surface area contributed by atoms with Crippen LogP contribution in [0, 0.1) is 13.8 Å². The van der Waals surface area contributed by atoms with Crippen LogP contribution in [0.15, 0.2) is 34.4 Å². The molecular formula is C24H27BrClNO6. The number of carboxylic acid groups (broad SMARTS) is 1. The van der Waals surface area contributed by atoms with Gasteiger partial charge in [-0.3, -0.25) is 4.79 Å². The lowest BCUT2D eigenvalue weighted by atomic mass is 10.1. The zero-order chi connectivity index (χ0) is 24.5. The van der Waals surface area contributed by atoms with Gasteiger partial charge in [0, 0.05) is 5.02 Å². The Kier molecular flexibility index (Phi) is 10.1. The number of aliphatic carboxylic acids is 1. The highest BCUT2D eigenvalue weighted by Gasteiger charge is 2.16. The number of unbranched alkanes of at least 4 members (excludes halogenated alkanes) is 1. The summed E-state index contributed by atoms with van der Waals surface area (Å²) in [5.74, 6) is -0.456. The molecule has 7 nitrogen and oxygen atoms in total. The Labute approximate surface area is 206 Å². The highest BCUT2D eigenvalue weighted by molar-refractivity contribution is 9.10. The zero-order valence-corrected chi connectivity index (χ0v) is 21.3. The van der Waals surface area contributed by atoms with Crippen molar-refractivity contribution in [3.05, 3.63) is 56.1 Å². The Bertz CT molecular complexity index is 1030. The fourth-order valence-corrected chi connectivity index (χ4v) is 3.61. The number of carbonyl (C=O) groups is 2. The number of ether oxygens (including phenoxy) is 3. The van der Waals surface area contributed by atoms with Crippen LogP contribution in [0.2, 0.25) is 5.02 Å². The summed E-state index contributed by atoms with van der Waals surface area (Å²) in [6.07, 6.45) is 3.22. The summed E-state index contributed by atoms with van der Waals surface area (Å²) in [7, 11) is 1.50. The molecule has 33 heavy (non-hydrogen) atoms. The zero-order valence-electron chi connectivity index (χ0n) is 19.0. The molecule has 0 spiro atoms. The van der Waals surface area contributed by atoms with Crippen LogP contribution in [0.1, 0.15) is 36.5 Å². The maximum absolute atomic E-state index is 12.3. The van der Waals surface area contributed by atoms with Crippen molar-refractivity contribution in [1.82, 2.24) is 5.32 Å². The van der Waals surface area contributed by atoms with Crippen LogP contribution in [0.4, 0.5) is 0 Å². The van der Waals surface area contributed by atoms with Gasteiger partial charge in [-0.2, -0.15) is 0 Å². The summed E-state index contributed by atoms with van der Waals surface area (Å²) in [6.45, 7) is 5.90. The van der Waals surface area contributed by atoms with Gasteiger partial charge in [0.05, 0.1) is 18.2 Å². The number of halogens is 2. The number of methoxy groups -OCH3 is 1. The minimum Gasteiger partial charge on any atom is -0.493 e. The Morgan fingerprint density at radius 2 is 1.82 bits per heavy atom. The number of benzene rings is 2. The summed E-state index contributed by atoms with van der Waals surface area (Å²) in [5.41, 5.74) is 1.84. The normalized spacial score (nSPS) is 11.2. The number of aryl methyl sites for hydroxylation is 2. The predicted molar refractivity (Wildman–Crippen MR) is 131 cm³/mol. The van der Waals surface area contributed by atoms with Crippen molar-refractivity contribution in [2.45, 2.75) is 33.6 Å². The van der Waals surface area contributed by atoms with E-state index in [1.165, 1.54) is 13.2 Å². The molecule has 0 fully saturated rings. The van der Waals surface area contributed by atoms with Crippen molar-refractivity contribution in [2.75, 3.05) is 20.3 Å². The first-order valence-electron chi connectivity index (χ1n) is 10.3. The van der Waals surface area contributed by atoms with E-state index < -0.39 is 11.9 Å². The first-order valence-corrected chi connectivity index (χ1v) is 11.5. The van der Waals surface area contributed by atoms with E-state index in [0.717, 1.165) is 24.0 Å². The van der Waals surface area contributed by atoms with Crippen molar-refractivity contribution >= 4 is 45.5 Å². The Balaban J connectivity index is 2.15. The minimum absolute atomic E-state index is 0.305. The van der Waals surface area contributed by atoms with Crippen LogP contribution in [-0.2, 0) is 9.59 Å². The summed E-state index contributed by atoms with van der Waals surface area (Å²) in [5, 5.41) is 12.6. The van der Waals surface area contributed by atoms with Gasteiger partial charge in [-0.25, -0.2) is 4.79 Å². The molecule has 9 heteroatoms. The van der Waals surface area contributed by atoms with E-state index in [1.54, 1.807) is 24.3 Å². The number of amides is 1. The summed E-state index contributed by atoms with van der Waals surface area (Å²) < 4.78 is 17.3. The molecule has 1 amide bonds. The second kappa shape index (κ2) is 12.5. The Hall–Kier alpha value is -2.71. The first-order chi connectivity index (χ1) is 15.7. The van der Waals surface area contributed by atoms with Crippen molar-refractivity contribution < 1.29 is 28.9 Å². The maximum Gasteiger partial charge on any atom is 0.352 e. The molecule has 178 valence electrons. The summed E-state index contributed by atoms with van der Waals surface area (Å²) in [6, 6.07) is 6.75. The van der Waals surface area contributed by atoms with Crippen LogP contribution in [0.25, 0.3) is 6.08 Å². The van der Waals surface area contributed by atoms with Gasteiger partial charge in [0.15, 0.2) is 18.1 Å². The van der Waals surface area contributed by atoms with Gasteiger partial charge in [-0.1, -0.05) is 24.9 Å². The molecule has 0 aliphatic carbocycles.